The number of carbonyl (C=O) groups excluding carboxylic acids is 1. The maximum atomic E-state index is 13.2. The van der Waals surface area contributed by atoms with E-state index >= 15 is 0 Å². The van der Waals surface area contributed by atoms with Crippen LogP contribution in [0.15, 0.2) is 71.7 Å². The molecule has 2 aliphatic rings. The number of unbranched alkanes of at least 4 members (excludes halogenated alkanes) is 1. The van der Waals surface area contributed by atoms with Crippen LogP contribution in [0, 0.1) is 5.82 Å². The molecule has 1 amide bonds. The summed E-state index contributed by atoms with van der Waals surface area (Å²) >= 11 is 0. The van der Waals surface area contributed by atoms with Gasteiger partial charge in [0.25, 0.3) is 5.91 Å². The van der Waals surface area contributed by atoms with E-state index in [-0.39, 0.29) is 24.2 Å². The number of benzene rings is 2. The summed E-state index contributed by atoms with van der Waals surface area (Å²) in [6.07, 6.45) is -3.62. The van der Waals surface area contributed by atoms with Crippen LogP contribution in [0.25, 0.3) is 0 Å². The van der Waals surface area contributed by atoms with E-state index < -0.39 is 84.3 Å². The van der Waals surface area contributed by atoms with Gasteiger partial charge in [-0.25, -0.2) is 22.6 Å². The second-order valence-corrected chi connectivity index (χ2v) is 16.1. The number of phosphoric ester groups is 1. The van der Waals surface area contributed by atoms with Gasteiger partial charge in [-0.1, -0.05) is 43.7 Å². The molecule has 0 bridgehead atoms. The normalized spacial score (nSPS) is 25.5. The van der Waals surface area contributed by atoms with E-state index in [4.69, 9.17) is 18.7 Å². The molecule has 0 aliphatic carbocycles. The minimum Gasteiger partial charge on any atom is -0.346 e. The number of carbonyl (C=O) groups is 1. The van der Waals surface area contributed by atoms with Crippen LogP contribution < -0.4 is 11.0 Å². The van der Waals surface area contributed by atoms with Gasteiger partial charge in [0.1, 0.15) is 29.9 Å². The minimum atomic E-state index is -5.56. The molecule has 2 saturated heterocycles. The lowest BCUT2D eigenvalue weighted by molar-refractivity contribution is -0.150. The number of nitrogens with one attached hydrogen (secondary N) is 1. The molecule has 2 fully saturated rings. The van der Waals surface area contributed by atoms with E-state index in [1.165, 1.54) is 24.4 Å². The molecule has 3 aromatic rings. The number of phosphoric acid groups is 2. The van der Waals surface area contributed by atoms with Gasteiger partial charge in [-0.2, -0.15) is 9.29 Å². The molecule has 0 radical (unpaired) electrons. The fraction of sp³-hybridized carbons (Fsp3) is 0.393. The average molecular weight is 747 g/mol. The van der Waals surface area contributed by atoms with Gasteiger partial charge in [-0.3, -0.25) is 18.5 Å². The Morgan fingerprint density at radius 1 is 0.959 bits per heavy atom. The number of rotatable bonds is 15. The van der Waals surface area contributed by atoms with Gasteiger partial charge in [-0.15, -0.1) is 0 Å². The van der Waals surface area contributed by atoms with Crippen molar-refractivity contribution in [2.45, 2.75) is 57.0 Å². The Morgan fingerprint density at radius 2 is 1.65 bits per heavy atom. The van der Waals surface area contributed by atoms with Crippen molar-refractivity contribution < 1.29 is 64.9 Å². The van der Waals surface area contributed by atoms with Gasteiger partial charge in [0.05, 0.1) is 12.8 Å². The summed E-state index contributed by atoms with van der Waals surface area (Å²) < 4.78 is 82.7. The van der Waals surface area contributed by atoms with Gasteiger partial charge in [0.15, 0.2) is 12.5 Å². The van der Waals surface area contributed by atoms with E-state index in [2.05, 4.69) is 18.9 Å². The van der Waals surface area contributed by atoms with Gasteiger partial charge >= 0.3 is 28.9 Å². The predicted octanol–water partition coefficient (Wildman–Crippen LogP) is 4.12. The van der Waals surface area contributed by atoms with Gasteiger partial charge in [0.2, 0.25) is 0 Å². The van der Waals surface area contributed by atoms with Crippen molar-refractivity contribution in [3.05, 3.63) is 94.3 Å². The standard InChI is InChI=1S/C28H33FN3O14P3/c1-2-3-15-47(35,36)45-49(39,40)46-48(37,38)41-17-21-24-25(44-23(43-24)16-18-7-5-4-6-8-18)27(42-21)32-14-13-22(31-28(32)34)30-26(33)19-9-11-20(29)12-10-19/h4-14,21,23-25,27H,2-3,15-17H2,1H3,(H,35,36)(H,37,38)(H,39,40)(H,30,31,33,34)/t21-,23?,24+,25?,27-/m1/s1. The highest BCUT2D eigenvalue weighted by atomic mass is 31.3. The minimum absolute atomic E-state index is 0.119. The summed E-state index contributed by atoms with van der Waals surface area (Å²) in [7, 11) is -15.6. The topological polar surface area (TPSA) is 231 Å². The van der Waals surface area contributed by atoms with E-state index in [0.29, 0.717) is 6.42 Å². The first-order chi connectivity index (χ1) is 23.1. The van der Waals surface area contributed by atoms with Crippen LogP contribution >= 0.6 is 23.2 Å². The summed E-state index contributed by atoms with van der Waals surface area (Å²) in [5.41, 5.74) is 0.0857. The third-order valence-electron chi connectivity index (χ3n) is 7.23. The van der Waals surface area contributed by atoms with E-state index in [9.17, 15) is 42.4 Å². The Bertz CT molecular complexity index is 1830. The largest absolute Gasteiger partial charge is 0.488 e. The number of halogens is 1. The summed E-state index contributed by atoms with van der Waals surface area (Å²) in [6, 6.07) is 15.1. The lowest BCUT2D eigenvalue weighted by Gasteiger charge is -2.22. The number of amides is 1. The third kappa shape index (κ3) is 10.1. The SMILES string of the molecule is CCCCP(=O)(O)OP(=O)(O)OP(=O)(O)OC[C@H]1O[C@@H](n2ccc(NC(=O)c3ccc(F)cc3)nc2=O)C2OC(Cc3ccccc3)O[C@H]21. The maximum Gasteiger partial charge on any atom is 0.488 e. The third-order valence-corrected chi connectivity index (χ3v) is 12.1. The van der Waals surface area contributed by atoms with Crippen LogP contribution in [0.3, 0.4) is 0 Å². The zero-order valence-electron chi connectivity index (χ0n) is 25.7. The molecule has 2 aliphatic heterocycles. The number of fused-ring (bicyclic) bond motifs is 1. The van der Waals surface area contributed by atoms with E-state index in [0.717, 1.165) is 22.3 Å². The Morgan fingerprint density at radius 3 is 2.33 bits per heavy atom. The average Bonchev–Trinajstić information content (AvgIpc) is 3.58. The van der Waals surface area contributed by atoms with Gasteiger partial charge in [-0.05, 0) is 42.3 Å². The Hall–Kier alpha value is -2.95. The van der Waals surface area contributed by atoms with Crippen molar-refractivity contribution in [1.29, 1.82) is 0 Å². The zero-order chi connectivity index (χ0) is 35.4. The van der Waals surface area contributed by atoms with Crippen LogP contribution in [0.5, 0.6) is 0 Å². The highest BCUT2D eigenvalue weighted by Gasteiger charge is 2.54. The van der Waals surface area contributed by atoms with Crippen molar-refractivity contribution in [2.75, 3.05) is 18.1 Å². The molecule has 49 heavy (non-hydrogen) atoms. The molecule has 1 aromatic heterocycles. The summed E-state index contributed by atoms with van der Waals surface area (Å²) in [5, 5.41) is 2.44. The van der Waals surface area contributed by atoms with Crippen molar-refractivity contribution in [2.24, 2.45) is 0 Å². The monoisotopic (exact) mass is 747 g/mol. The number of aromatic nitrogens is 2. The Balaban J connectivity index is 1.30. The molecule has 0 spiro atoms. The fourth-order valence-corrected chi connectivity index (χ4v) is 9.31. The van der Waals surface area contributed by atoms with Crippen LogP contribution in [0.4, 0.5) is 10.2 Å². The molecule has 0 saturated carbocycles. The molecule has 8 atom stereocenters. The molecule has 5 rings (SSSR count). The number of nitrogens with zero attached hydrogens (tertiary/aromatic N) is 2. The number of hydrogen-bond donors (Lipinski definition) is 4. The zero-order valence-corrected chi connectivity index (χ0v) is 28.4. The van der Waals surface area contributed by atoms with Crippen LogP contribution in [-0.2, 0) is 47.5 Å². The quantitative estimate of drug-likeness (QED) is 0.160. The number of ether oxygens (including phenoxy) is 3. The van der Waals surface area contributed by atoms with Crippen molar-refractivity contribution in [1.82, 2.24) is 9.55 Å². The highest BCUT2D eigenvalue weighted by Crippen LogP contribution is 2.67. The maximum absolute atomic E-state index is 13.2. The van der Waals surface area contributed by atoms with E-state index in [1.807, 2.05) is 30.3 Å². The predicted molar refractivity (Wildman–Crippen MR) is 168 cm³/mol. The van der Waals surface area contributed by atoms with Crippen molar-refractivity contribution in [3.8, 4) is 0 Å². The summed E-state index contributed by atoms with van der Waals surface area (Å²) in [4.78, 5) is 59.4. The molecule has 2 aromatic carbocycles. The molecular formula is C28H33FN3O14P3. The molecule has 17 nitrogen and oxygen atoms in total. The number of hydrogen-bond acceptors (Lipinski definition) is 12. The second kappa shape index (κ2) is 15.5. The van der Waals surface area contributed by atoms with Gasteiger partial charge < -0.3 is 34.2 Å². The van der Waals surface area contributed by atoms with Crippen molar-refractivity contribution in [3.63, 3.8) is 0 Å². The van der Waals surface area contributed by atoms with E-state index in [1.54, 1.807) is 6.92 Å². The smallest absolute Gasteiger partial charge is 0.346 e. The lowest BCUT2D eigenvalue weighted by atomic mass is 10.1. The number of anilines is 1. The molecule has 21 heteroatoms. The van der Waals surface area contributed by atoms with Crippen LogP contribution in [0.1, 0.15) is 41.9 Å². The molecule has 4 N–H and O–H groups in total. The second-order valence-electron chi connectivity index (χ2n) is 11.0. The molecular weight excluding hydrogens is 714 g/mol. The molecule has 3 heterocycles. The van der Waals surface area contributed by atoms with Crippen LogP contribution in [-0.4, -0.2) is 67.5 Å². The first kappa shape index (κ1) is 37.3. The highest BCUT2D eigenvalue weighted by molar-refractivity contribution is 7.68. The fourth-order valence-electron chi connectivity index (χ4n) is 5.02. The first-order valence-electron chi connectivity index (χ1n) is 14.8. The summed E-state index contributed by atoms with van der Waals surface area (Å²) in [6.45, 7) is 0.904. The molecule has 5 unspecified atom stereocenters. The lowest BCUT2D eigenvalue weighted by Crippen LogP contribution is -2.34. The van der Waals surface area contributed by atoms with Crippen LogP contribution in [0.2, 0.25) is 0 Å². The molecule has 266 valence electrons. The Kier molecular flexibility index (Phi) is 11.8. The Labute approximate surface area is 278 Å². The first-order valence-corrected chi connectivity index (χ1v) is 19.6. The summed E-state index contributed by atoms with van der Waals surface area (Å²) in [5.74, 6) is -1.30. The van der Waals surface area contributed by atoms with Gasteiger partial charge in [0, 0.05) is 18.2 Å². The van der Waals surface area contributed by atoms with Crippen molar-refractivity contribution >= 4 is 35.0 Å².